The van der Waals surface area contributed by atoms with Crippen LogP contribution in [0, 0.1) is 5.92 Å². The Labute approximate surface area is 146 Å². The molecule has 2 aromatic heterocycles. The van der Waals surface area contributed by atoms with Crippen LogP contribution in [0.15, 0.2) is 47.0 Å². The van der Waals surface area contributed by atoms with Crippen molar-refractivity contribution >= 4 is 16.8 Å². The van der Waals surface area contributed by atoms with Crippen LogP contribution in [0.3, 0.4) is 0 Å². The number of rotatable bonds is 3. The number of piperidine rings is 3. The number of carbonyl (C=O) groups excluding carboxylic acids is 1. The lowest BCUT2D eigenvalue weighted by Gasteiger charge is -2.44. The van der Waals surface area contributed by atoms with Crippen molar-refractivity contribution in [1.29, 1.82) is 0 Å². The molecule has 2 bridgehead atoms. The number of benzene rings is 1. The van der Waals surface area contributed by atoms with Crippen molar-refractivity contribution < 1.29 is 9.21 Å². The Kier molecular flexibility index (Phi) is 3.41. The summed E-state index contributed by atoms with van der Waals surface area (Å²) >= 11 is 0. The van der Waals surface area contributed by atoms with Crippen LogP contribution in [-0.2, 0) is 0 Å². The molecule has 6 rings (SSSR count). The average Bonchev–Trinajstić information content (AvgIpc) is 3.31. The van der Waals surface area contributed by atoms with Gasteiger partial charge in [-0.2, -0.15) is 0 Å². The Bertz CT molecular complexity index is 918. The zero-order chi connectivity index (χ0) is 16.8. The second-order valence-corrected chi connectivity index (χ2v) is 7.16. The molecule has 3 aromatic rings. The van der Waals surface area contributed by atoms with Crippen LogP contribution in [0.25, 0.3) is 22.2 Å². The van der Waals surface area contributed by atoms with E-state index >= 15 is 0 Å². The molecular formula is C20H21N3O2. The molecule has 0 saturated carbocycles. The Hall–Kier alpha value is -2.53. The minimum atomic E-state index is -0.106. The van der Waals surface area contributed by atoms with Crippen molar-refractivity contribution in [2.45, 2.75) is 18.9 Å². The molecule has 2 N–H and O–H groups in total. The summed E-state index contributed by atoms with van der Waals surface area (Å²) in [6.45, 7) is 3.31. The molecule has 5 heteroatoms. The van der Waals surface area contributed by atoms with E-state index in [4.69, 9.17) is 4.42 Å². The predicted molar refractivity (Wildman–Crippen MR) is 96.4 cm³/mol. The Morgan fingerprint density at radius 2 is 2.04 bits per heavy atom. The van der Waals surface area contributed by atoms with Crippen molar-refractivity contribution in [3.05, 3.63) is 48.4 Å². The summed E-state index contributed by atoms with van der Waals surface area (Å²) < 4.78 is 5.84. The summed E-state index contributed by atoms with van der Waals surface area (Å²) in [7, 11) is 0. The monoisotopic (exact) mass is 335 g/mol. The van der Waals surface area contributed by atoms with Gasteiger partial charge in [-0.1, -0.05) is 12.1 Å². The van der Waals surface area contributed by atoms with E-state index in [-0.39, 0.29) is 11.9 Å². The number of fused-ring (bicyclic) bond motifs is 4. The Morgan fingerprint density at radius 3 is 2.84 bits per heavy atom. The summed E-state index contributed by atoms with van der Waals surface area (Å²) in [5.41, 5.74) is 2.03. The number of furan rings is 1. The van der Waals surface area contributed by atoms with Gasteiger partial charge in [-0.15, -0.1) is 0 Å². The topological polar surface area (TPSA) is 61.3 Å². The fourth-order valence-electron chi connectivity index (χ4n) is 4.18. The number of nitrogens with one attached hydrogen (secondary N) is 2. The third-order valence-electron chi connectivity index (χ3n) is 5.64. The minimum Gasteiger partial charge on any atom is -0.451 e. The maximum absolute atomic E-state index is 12.6. The molecule has 5 nitrogen and oxygen atoms in total. The third-order valence-corrected chi connectivity index (χ3v) is 5.64. The second kappa shape index (κ2) is 5.77. The molecule has 25 heavy (non-hydrogen) atoms. The van der Waals surface area contributed by atoms with E-state index in [1.807, 2.05) is 30.5 Å². The highest BCUT2D eigenvalue weighted by atomic mass is 16.3. The van der Waals surface area contributed by atoms with Crippen molar-refractivity contribution in [3.63, 3.8) is 0 Å². The van der Waals surface area contributed by atoms with Crippen LogP contribution >= 0.6 is 0 Å². The van der Waals surface area contributed by atoms with Gasteiger partial charge in [-0.05, 0) is 61.5 Å². The van der Waals surface area contributed by atoms with Gasteiger partial charge in [0.2, 0.25) is 0 Å². The molecule has 1 amide bonds. The Morgan fingerprint density at radius 1 is 1.16 bits per heavy atom. The number of hydrogen-bond donors (Lipinski definition) is 2. The van der Waals surface area contributed by atoms with Crippen LogP contribution in [0.4, 0.5) is 0 Å². The molecule has 0 aliphatic carbocycles. The molecule has 3 aliphatic rings. The van der Waals surface area contributed by atoms with Gasteiger partial charge in [0.05, 0.1) is 0 Å². The maximum atomic E-state index is 12.6. The molecule has 3 aliphatic heterocycles. The largest absolute Gasteiger partial charge is 0.451 e. The Balaban J connectivity index is 1.34. The van der Waals surface area contributed by atoms with Crippen molar-refractivity contribution in [1.82, 2.24) is 15.2 Å². The van der Waals surface area contributed by atoms with E-state index in [2.05, 4.69) is 21.3 Å². The van der Waals surface area contributed by atoms with Gasteiger partial charge in [-0.25, -0.2) is 0 Å². The number of amides is 1. The van der Waals surface area contributed by atoms with Crippen LogP contribution in [0.1, 0.15) is 23.4 Å². The molecule has 1 atom stereocenters. The maximum Gasteiger partial charge on any atom is 0.287 e. The fraction of sp³-hybridized carbons (Fsp3) is 0.350. The van der Waals surface area contributed by atoms with Crippen LogP contribution in [0.2, 0.25) is 0 Å². The highest BCUT2D eigenvalue weighted by Gasteiger charge is 2.35. The van der Waals surface area contributed by atoms with Crippen molar-refractivity contribution in [2.24, 2.45) is 5.92 Å². The van der Waals surface area contributed by atoms with Crippen molar-refractivity contribution in [2.75, 3.05) is 19.6 Å². The molecule has 0 spiro atoms. The molecule has 1 aromatic carbocycles. The van der Waals surface area contributed by atoms with E-state index in [1.54, 1.807) is 6.07 Å². The smallest absolute Gasteiger partial charge is 0.287 e. The first-order valence-electron chi connectivity index (χ1n) is 8.97. The lowest BCUT2D eigenvalue weighted by atomic mass is 9.84. The van der Waals surface area contributed by atoms with E-state index in [0.717, 1.165) is 28.8 Å². The van der Waals surface area contributed by atoms with Crippen molar-refractivity contribution in [3.8, 4) is 11.3 Å². The van der Waals surface area contributed by atoms with Gasteiger partial charge in [0.15, 0.2) is 5.76 Å². The molecule has 3 saturated heterocycles. The zero-order valence-electron chi connectivity index (χ0n) is 14.0. The lowest BCUT2D eigenvalue weighted by Crippen LogP contribution is -2.57. The van der Waals surface area contributed by atoms with Gasteiger partial charge in [0, 0.05) is 29.9 Å². The second-order valence-electron chi connectivity index (χ2n) is 7.16. The van der Waals surface area contributed by atoms with Gasteiger partial charge >= 0.3 is 0 Å². The average molecular weight is 335 g/mol. The number of aromatic nitrogens is 1. The standard InChI is InChI=1S/C20H21N3O2/c24-20(22-17-12-23-9-6-14(17)7-10-23)19-4-3-18(25-19)15-2-1-13-5-8-21-16(13)11-15/h1-5,8,11,14,17,21H,6-7,9-10,12H2,(H,22,24). The minimum absolute atomic E-state index is 0.106. The SMILES string of the molecule is O=C(NC1CN2CCC1CC2)c1ccc(-c2ccc3cc[nH]c3c2)o1. The lowest BCUT2D eigenvalue weighted by molar-refractivity contribution is 0.0606. The van der Waals surface area contributed by atoms with Gasteiger partial charge in [0.25, 0.3) is 5.91 Å². The molecule has 3 fully saturated rings. The van der Waals surface area contributed by atoms with E-state index in [1.165, 1.54) is 25.9 Å². The molecule has 128 valence electrons. The number of aromatic amines is 1. The van der Waals surface area contributed by atoms with Crippen LogP contribution in [0.5, 0.6) is 0 Å². The molecule has 5 heterocycles. The number of H-pyrrole nitrogens is 1. The molecular weight excluding hydrogens is 314 g/mol. The summed E-state index contributed by atoms with van der Waals surface area (Å²) in [5, 5.41) is 4.34. The number of nitrogens with zero attached hydrogens (tertiary/aromatic N) is 1. The summed E-state index contributed by atoms with van der Waals surface area (Å²) in [5.74, 6) is 1.61. The van der Waals surface area contributed by atoms with Gasteiger partial charge in [-0.3, -0.25) is 4.79 Å². The zero-order valence-corrected chi connectivity index (χ0v) is 14.0. The van der Waals surface area contributed by atoms with Gasteiger partial charge in [0.1, 0.15) is 5.76 Å². The molecule has 0 radical (unpaired) electrons. The van der Waals surface area contributed by atoms with E-state index < -0.39 is 0 Å². The highest BCUT2D eigenvalue weighted by Crippen LogP contribution is 2.29. The normalized spacial score (nSPS) is 25.4. The first-order chi connectivity index (χ1) is 12.3. The highest BCUT2D eigenvalue weighted by molar-refractivity contribution is 5.92. The number of carbonyl (C=O) groups is 1. The number of hydrogen-bond acceptors (Lipinski definition) is 3. The first-order valence-corrected chi connectivity index (χ1v) is 8.97. The van der Waals surface area contributed by atoms with Gasteiger partial charge < -0.3 is 19.6 Å². The quantitative estimate of drug-likeness (QED) is 0.772. The first kappa shape index (κ1) is 14.8. The van der Waals surface area contributed by atoms with E-state index in [0.29, 0.717) is 11.7 Å². The predicted octanol–water partition coefficient (Wildman–Crippen LogP) is 3.25. The summed E-state index contributed by atoms with van der Waals surface area (Å²) in [6.07, 6.45) is 4.29. The summed E-state index contributed by atoms with van der Waals surface area (Å²) in [4.78, 5) is 18.2. The van der Waals surface area contributed by atoms with E-state index in [9.17, 15) is 4.79 Å². The van der Waals surface area contributed by atoms with Crippen LogP contribution < -0.4 is 5.32 Å². The molecule has 1 unspecified atom stereocenters. The summed E-state index contributed by atoms with van der Waals surface area (Å²) in [6, 6.07) is 12.0. The third kappa shape index (κ3) is 2.65. The fourth-order valence-corrected chi connectivity index (χ4v) is 4.18. The van der Waals surface area contributed by atoms with Crippen LogP contribution in [-0.4, -0.2) is 41.5 Å².